The van der Waals surface area contributed by atoms with Crippen molar-refractivity contribution >= 4 is 11.9 Å². The van der Waals surface area contributed by atoms with E-state index in [1.54, 1.807) is 18.6 Å². The van der Waals surface area contributed by atoms with Crippen molar-refractivity contribution in [3.8, 4) is 11.3 Å². The molecule has 0 spiro atoms. The van der Waals surface area contributed by atoms with Gasteiger partial charge in [-0.1, -0.05) is 12.1 Å². The van der Waals surface area contributed by atoms with Crippen molar-refractivity contribution in [1.29, 1.82) is 0 Å². The molecule has 169 valence electrons. The van der Waals surface area contributed by atoms with Crippen molar-refractivity contribution in [3.05, 3.63) is 78.5 Å². The maximum atomic E-state index is 10.2. The number of hydrogen-bond donors (Lipinski definition) is 0. The van der Waals surface area contributed by atoms with Gasteiger partial charge in [0.2, 0.25) is 0 Å². The van der Waals surface area contributed by atoms with Crippen LogP contribution < -0.4 is 10.2 Å². The molecule has 3 aromatic heterocycles. The third-order valence-electron chi connectivity index (χ3n) is 2.81. The van der Waals surface area contributed by atoms with Crippen LogP contribution in [0.5, 0.6) is 0 Å². The van der Waals surface area contributed by atoms with Crippen LogP contribution >= 0.6 is 0 Å². The summed E-state index contributed by atoms with van der Waals surface area (Å²) in [6.45, 7) is 0. The van der Waals surface area contributed by atoms with Gasteiger partial charge in [0.1, 0.15) is 0 Å². The molecular formula is C17H21CuN3O9. The van der Waals surface area contributed by atoms with Crippen LogP contribution in [0, 0.1) is 0 Å². The second-order valence-corrected chi connectivity index (χ2v) is 4.43. The summed E-state index contributed by atoms with van der Waals surface area (Å²) in [6.07, 6.45) is 5.32. The molecule has 0 aliphatic rings. The number of hydrogen-bond acceptors (Lipinski definition) is 7. The molecule has 0 saturated heterocycles. The second kappa shape index (κ2) is 19.0. The fourth-order valence-electron chi connectivity index (χ4n) is 1.72. The Hall–Kier alpha value is -3.29. The molecule has 0 amide bonds. The smallest absolute Gasteiger partial charge is 0.543 e. The van der Waals surface area contributed by atoms with Crippen molar-refractivity contribution in [3.63, 3.8) is 0 Å². The van der Waals surface area contributed by atoms with Crippen LogP contribution in [-0.4, -0.2) is 54.3 Å². The van der Waals surface area contributed by atoms with E-state index in [1.807, 2.05) is 30.3 Å². The Bertz CT molecular complexity index is 773. The van der Waals surface area contributed by atoms with Gasteiger partial charge in [-0.3, -0.25) is 9.97 Å². The van der Waals surface area contributed by atoms with E-state index in [-0.39, 0.29) is 44.4 Å². The zero-order chi connectivity index (χ0) is 17.4. The maximum Gasteiger partial charge on any atom is 2.00 e. The van der Waals surface area contributed by atoms with E-state index in [1.165, 1.54) is 6.07 Å². The predicted octanol–water partition coefficient (Wildman–Crippen LogP) is -4.17. The second-order valence-electron chi connectivity index (χ2n) is 4.43. The van der Waals surface area contributed by atoms with E-state index >= 15 is 0 Å². The first-order valence-corrected chi connectivity index (χ1v) is 6.79. The monoisotopic (exact) mass is 474 g/mol. The summed E-state index contributed by atoms with van der Waals surface area (Å²) < 4.78 is 0. The van der Waals surface area contributed by atoms with Gasteiger partial charge in [-0.2, -0.15) is 0 Å². The number of aromatic nitrogens is 3. The molecule has 3 heterocycles. The van der Waals surface area contributed by atoms with E-state index in [0.717, 1.165) is 23.4 Å². The molecule has 0 aliphatic heterocycles. The third-order valence-corrected chi connectivity index (χ3v) is 2.81. The van der Waals surface area contributed by atoms with Crippen molar-refractivity contribution in [2.75, 3.05) is 0 Å². The Kier molecular flexibility index (Phi) is 23.8. The van der Waals surface area contributed by atoms with E-state index < -0.39 is 23.3 Å². The summed E-state index contributed by atoms with van der Waals surface area (Å²) in [5.41, 5.74) is 1.25. The molecule has 0 aliphatic carbocycles. The van der Waals surface area contributed by atoms with Gasteiger partial charge in [0.25, 0.3) is 0 Å². The summed E-state index contributed by atoms with van der Waals surface area (Å²) in [5, 5.41) is 20.4. The predicted molar refractivity (Wildman–Crippen MR) is 98.4 cm³/mol. The fraction of sp³-hybridized carbons (Fsp3) is 0. The summed E-state index contributed by atoms with van der Waals surface area (Å²) in [4.78, 5) is 31.8. The summed E-state index contributed by atoms with van der Waals surface area (Å²) in [7, 11) is 0. The average Bonchev–Trinajstić information content (AvgIpc) is 2.64. The minimum atomic E-state index is -1.52. The molecule has 1 radical (unpaired) electrons. The van der Waals surface area contributed by atoms with Crippen molar-refractivity contribution in [2.45, 2.75) is 0 Å². The average molecular weight is 475 g/mol. The number of carbonyl (C=O) groups excluding carboxylic acids is 2. The molecule has 10 N–H and O–H groups in total. The standard InChI is InChI=1S/C10H8N2.C7H5NO4.Cu.5H2O/c1-2-6-12-10(3-1)9-4-7-11-8-5-9;9-6(10)4-2-1-3-5(8-4)7(11)12;;;;;;/h1-8H;1-3H,(H,9,10)(H,11,12);;5*1H2/q;;+2;;;;;/p-2. The van der Waals surface area contributed by atoms with Gasteiger partial charge in [0.05, 0.1) is 29.0 Å². The zero-order valence-corrected chi connectivity index (χ0v) is 16.1. The molecule has 3 rings (SSSR count). The quantitative estimate of drug-likeness (QED) is 0.337. The van der Waals surface area contributed by atoms with E-state index in [2.05, 4.69) is 15.0 Å². The van der Waals surface area contributed by atoms with Crippen LogP contribution in [0.3, 0.4) is 0 Å². The van der Waals surface area contributed by atoms with Crippen LogP contribution in [0.1, 0.15) is 21.0 Å². The SMILES string of the molecule is O.O.O.O.O.O=C([O-])c1cccc(C(=O)[O-])n1.[Cu+2].c1ccc(-c2ccncc2)nc1. The Labute approximate surface area is 181 Å². The number of pyridine rings is 3. The Balaban J connectivity index is -0.000000116. The van der Waals surface area contributed by atoms with E-state index in [9.17, 15) is 19.8 Å². The molecule has 0 aromatic carbocycles. The number of aromatic carboxylic acids is 2. The summed E-state index contributed by atoms with van der Waals surface area (Å²) in [6, 6.07) is 13.3. The first kappa shape index (κ1) is 37.5. The first-order valence-electron chi connectivity index (χ1n) is 6.79. The zero-order valence-electron chi connectivity index (χ0n) is 15.1. The van der Waals surface area contributed by atoms with Crippen molar-refractivity contribution in [1.82, 2.24) is 15.0 Å². The molecule has 0 unspecified atom stereocenters. The van der Waals surface area contributed by atoms with Gasteiger partial charge in [0, 0.05) is 24.2 Å². The molecular weight excluding hydrogens is 454 g/mol. The van der Waals surface area contributed by atoms with E-state index in [0.29, 0.717) is 0 Å². The molecule has 30 heavy (non-hydrogen) atoms. The largest absolute Gasteiger partial charge is 2.00 e. The van der Waals surface area contributed by atoms with Crippen LogP contribution in [-0.2, 0) is 17.1 Å². The fourth-order valence-corrected chi connectivity index (χ4v) is 1.72. The first-order chi connectivity index (χ1) is 11.6. The van der Waals surface area contributed by atoms with E-state index in [4.69, 9.17) is 0 Å². The van der Waals surface area contributed by atoms with Crippen molar-refractivity contribution in [2.24, 2.45) is 0 Å². The molecule has 13 heteroatoms. The molecule has 3 aromatic rings. The molecule has 12 nitrogen and oxygen atoms in total. The minimum Gasteiger partial charge on any atom is -0.543 e. The Morgan fingerprint density at radius 3 is 1.57 bits per heavy atom. The topological polar surface area (TPSA) is 276 Å². The number of nitrogens with zero attached hydrogens (tertiary/aromatic N) is 3. The molecule has 0 bridgehead atoms. The molecule has 0 atom stereocenters. The number of carboxylic acids is 2. The van der Waals surface area contributed by atoms with Crippen LogP contribution in [0.2, 0.25) is 0 Å². The van der Waals surface area contributed by atoms with Gasteiger partial charge in [-0.05, 0) is 36.4 Å². The Morgan fingerprint density at radius 1 is 0.667 bits per heavy atom. The summed E-state index contributed by atoms with van der Waals surface area (Å²) in [5.74, 6) is -3.03. The normalized spacial score (nSPS) is 7.60. The van der Waals surface area contributed by atoms with Gasteiger partial charge in [0.15, 0.2) is 0 Å². The van der Waals surface area contributed by atoms with Gasteiger partial charge < -0.3 is 47.2 Å². The minimum absolute atomic E-state index is 0. The molecule has 0 saturated carbocycles. The third kappa shape index (κ3) is 11.5. The van der Waals surface area contributed by atoms with Crippen LogP contribution in [0.15, 0.2) is 67.1 Å². The summed E-state index contributed by atoms with van der Waals surface area (Å²) >= 11 is 0. The Morgan fingerprint density at radius 2 is 1.17 bits per heavy atom. The van der Waals surface area contributed by atoms with Crippen molar-refractivity contribution < 1.29 is 64.3 Å². The van der Waals surface area contributed by atoms with Gasteiger partial charge in [-0.15, -0.1) is 0 Å². The number of carboxylic acid groups (broad SMARTS) is 2. The number of rotatable bonds is 3. The van der Waals surface area contributed by atoms with Crippen LogP contribution in [0.25, 0.3) is 11.3 Å². The van der Waals surface area contributed by atoms with Crippen LogP contribution in [0.4, 0.5) is 0 Å². The number of carbonyl (C=O) groups is 2. The van der Waals surface area contributed by atoms with Gasteiger partial charge >= 0.3 is 17.1 Å². The maximum absolute atomic E-state index is 10.2. The van der Waals surface area contributed by atoms with Gasteiger partial charge in [-0.25, -0.2) is 4.98 Å². The molecule has 0 fully saturated rings.